The zero-order valence-electron chi connectivity index (χ0n) is 10.1. The van der Waals surface area contributed by atoms with Crippen molar-refractivity contribution in [1.82, 2.24) is 10.2 Å². The van der Waals surface area contributed by atoms with Gasteiger partial charge in [0, 0.05) is 5.56 Å². The quantitative estimate of drug-likeness (QED) is 0.922. The fourth-order valence-corrected chi connectivity index (χ4v) is 2.40. The maximum atomic E-state index is 13.6. The summed E-state index contributed by atoms with van der Waals surface area (Å²) in [6.07, 6.45) is 0.793. The lowest BCUT2D eigenvalue weighted by Crippen LogP contribution is -2.10. The number of hydrogen-bond donors (Lipinski definition) is 1. The summed E-state index contributed by atoms with van der Waals surface area (Å²) >= 11 is 1.39. The van der Waals surface area contributed by atoms with Gasteiger partial charge in [0.05, 0.1) is 6.04 Å². The molecule has 2 aromatic rings. The molecule has 0 aliphatic rings. The normalized spacial score (nSPS) is 12.4. The molecule has 0 spiro atoms. The maximum Gasteiger partial charge on any atom is 0.206 e. The van der Waals surface area contributed by atoms with Gasteiger partial charge in [-0.15, -0.1) is 10.2 Å². The van der Waals surface area contributed by atoms with Gasteiger partial charge >= 0.3 is 0 Å². The molecule has 0 saturated heterocycles. The number of halogens is 2. The van der Waals surface area contributed by atoms with Crippen molar-refractivity contribution >= 4 is 16.5 Å². The molecule has 18 heavy (non-hydrogen) atoms. The van der Waals surface area contributed by atoms with Gasteiger partial charge in [-0.25, -0.2) is 8.78 Å². The summed E-state index contributed by atoms with van der Waals surface area (Å²) < 4.78 is 27.1. The van der Waals surface area contributed by atoms with Crippen molar-refractivity contribution in [1.29, 1.82) is 0 Å². The van der Waals surface area contributed by atoms with E-state index in [-0.39, 0.29) is 5.56 Å². The SMILES string of the molecule is CCc1nnc(NC(C)c2c(F)cccc2F)s1. The third kappa shape index (κ3) is 2.64. The van der Waals surface area contributed by atoms with Crippen LogP contribution in [0.2, 0.25) is 0 Å². The van der Waals surface area contributed by atoms with E-state index in [9.17, 15) is 8.78 Å². The molecule has 0 radical (unpaired) electrons. The number of rotatable bonds is 4. The largest absolute Gasteiger partial charge is 0.353 e. The van der Waals surface area contributed by atoms with Crippen LogP contribution >= 0.6 is 11.3 Å². The molecule has 2 rings (SSSR count). The van der Waals surface area contributed by atoms with Crippen molar-refractivity contribution in [3.63, 3.8) is 0 Å². The Morgan fingerprint density at radius 1 is 1.28 bits per heavy atom. The smallest absolute Gasteiger partial charge is 0.206 e. The lowest BCUT2D eigenvalue weighted by Gasteiger charge is -2.14. The molecule has 0 fully saturated rings. The molecule has 1 aromatic heterocycles. The zero-order chi connectivity index (χ0) is 13.1. The highest BCUT2D eigenvalue weighted by molar-refractivity contribution is 7.15. The third-order valence-electron chi connectivity index (χ3n) is 2.54. The lowest BCUT2D eigenvalue weighted by atomic mass is 10.1. The molecule has 0 amide bonds. The summed E-state index contributed by atoms with van der Waals surface area (Å²) in [4.78, 5) is 0. The standard InChI is InChI=1S/C12H13F2N3S/c1-3-10-16-17-12(18-10)15-7(2)11-8(13)5-4-6-9(11)14/h4-7H,3H2,1-2H3,(H,15,17). The topological polar surface area (TPSA) is 37.8 Å². The summed E-state index contributed by atoms with van der Waals surface area (Å²) in [5.74, 6) is -1.12. The van der Waals surface area contributed by atoms with Crippen LogP contribution < -0.4 is 5.32 Å². The minimum Gasteiger partial charge on any atom is -0.353 e. The first kappa shape index (κ1) is 12.9. The van der Waals surface area contributed by atoms with E-state index < -0.39 is 17.7 Å². The minimum absolute atomic E-state index is 0.0192. The summed E-state index contributed by atoms with van der Waals surface area (Å²) in [6.45, 7) is 3.67. The van der Waals surface area contributed by atoms with Gasteiger partial charge in [0.25, 0.3) is 0 Å². The predicted octanol–water partition coefficient (Wildman–Crippen LogP) is 3.55. The van der Waals surface area contributed by atoms with Gasteiger partial charge in [-0.1, -0.05) is 24.3 Å². The average Bonchev–Trinajstić information content (AvgIpc) is 2.76. The van der Waals surface area contributed by atoms with Crippen LogP contribution in [0.25, 0.3) is 0 Å². The Balaban J connectivity index is 2.19. The summed E-state index contributed by atoms with van der Waals surface area (Å²) in [5, 5.41) is 12.3. The van der Waals surface area contributed by atoms with E-state index in [4.69, 9.17) is 0 Å². The Kier molecular flexibility index (Phi) is 3.86. The van der Waals surface area contributed by atoms with Crippen molar-refractivity contribution < 1.29 is 8.78 Å². The first-order valence-corrected chi connectivity index (χ1v) is 6.46. The number of aryl methyl sites for hydroxylation is 1. The van der Waals surface area contributed by atoms with Gasteiger partial charge < -0.3 is 5.32 Å². The molecule has 0 aliphatic heterocycles. The predicted molar refractivity (Wildman–Crippen MR) is 67.7 cm³/mol. The highest BCUT2D eigenvalue weighted by atomic mass is 32.1. The molecule has 0 saturated carbocycles. The van der Waals surface area contributed by atoms with Gasteiger partial charge in [-0.2, -0.15) is 0 Å². The van der Waals surface area contributed by atoms with Gasteiger partial charge in [0.1, 0.15) is 16.6 Å². The Labute approximate surface area is 108 Å². The number of anilines is 1. The average molecular weight is 269 g/mol. The van der Waals surface area contributed by atoms with Gasteiger partial charge in [0.2, 0.25) is 5.13 Å². The van der Waals surface area contributed by atoms with Crippen LogP contribution in [-0.2, 0) is 6.42 Å². The molecule has 0 bridgehead atoms. The zero-order valence-corrected chi connectivity index (χ0v) is 10.9. The number of nitrogens with zero attached hydrogens (tertiary/aromatic N) is 2. The van der Waals surface area contributed by atoms with E-state index in [0.29, 0.717) is 5.13 Å². The van der Waals surface area contributed by atoms with Crippen molar-refractivity contribution in [2.24, 2.45) is 0 Å². The summed E-state index contributed by atoms with van der Waals surface area (Å²) in [5.41, 5.74) is 0.0192. The first-order chi connectivity index (χ1) is 8.61. The Morgan fingerprint density at radius 2 is 1.94 bits per heavy atom. The van der Waals surface area contributed by atoms with Crippen LogP contribution in [0, 0.1) is 11.6 Å². The molecule has 1 aromatic carbocycles. The van der Waals surface area contributed by atoms with Gasteiger partial charge in [-0.05, 0) is 25.5 Å². The van der Waals surface area contributed by atoms with E-state index in [1.165, 1.54) is 29.5 Å². The maximum absolute atomic E-state index is 13.6. The van der Waals surface area contributed by atoms with E-state index in [0.717, 1.165) is 11.4 Å². The van der Waals surface area contributed by atoms with Crippen molar-refractivity contribution in [2.75, 3.05) is 5.32 Å². The van der Waals surface area contributed by atoms with Crippen LogP contribution in [0.4, 0.5) is 13.9 Å². The van der Waals surface area contributed by atoms with Crippen molar-refractivity contribution in [3.05, 3.63) is 40.4 Å². The molecule has 1 atom stereocenters. The van der Waals surface area contributed by atoms with Crippen LogP contribution in [-0.4, -0.2) is 10.2 Å². The second kappa shape index (κ2) is 5.39. The fraction of sp³-hybridized carbons (Fsp3) is 0.333. The van der Waals surface area contributed by atoms with E-state index in [1.807, 2.05) is 6.92 Å². The number of nitrogens with one attached hydrogen (secondary N) is 1. The van der Waals surface area contributed by atoms with Crippen LogP contribution in [0.3, 0.4) is 0 Å². The molecule has 1 N–H and O–H groups in total. The second-order valence-corrected chi connectivity index (χ2v) is 4.92. The molecule has 96 valence electrons. The Morgan fingerprint density at radius 3 is 2.50 bits per heavy atom. The highest BCUT2D eigenvalue weighted by Gasteiger charge is 2.17. The Hall–Kier alpha value is -1.56. The molecular weight excluding hydrogens is 256 g/mol. The van der Waals surface area contributed by atoms with Crippen LogP contribution in [0.15, 0.2) is 18.2 Å². The Bertz CT molecular complexity index is 522. The molecule has 1 unspecified atom stereocenters. The number of hydrogen-bond acceptors (Lipinski definition) is 4. The second-order valence-electron chi connectivity index (χ2n) is 3.86. The highest BCUT2D eigenvalue weighted by Crippen LogP contribution is 2.25. The summed E-state index contributed by atoms with van der Waals surface area (Å²) in [7, 11) is 0. The van der Waals surface area contributed by atoms with E-state index >= 15 is 0 Å². The van der Waals surface area contributed by atoms with Gasteiger partial charge in [-0.3, -0.25) is 0 Å². The number of benzene rings is 1. The molecule has 6 heteroatoms. The fourth-order valence-electron chi connectivity index (χ4n) is 1.64. The van der Waals surface area contributed by atoms with Crippen molar-refractivity contribution in [2.45, 2.75) is 26.3 Å². The lowest BCUT2D eigenvalue weighted by molar-refractivity contribution is 0.544. The van der Waals surface area contributed by atoms with Crippen LogP contribution in [0.1, 0.15) is 30.5 Å². The van der Waals surface area contributed by atoms with Crippen LogP contribution in [0.5, 0.6) is 0 Å². The van der Waals surface area contributed by atoms with Gasteiger partial charge in [0.15, 0.2) is 0 Å². The number of aromatic nitrogens is 2. The van der Waals surface area contributed by atoms with E-state index in [1.54, 1.807) is 6.92 Å². The molecular formula is C12H13F2N3S. The molecule has 3 nitrogen and oxygen atoms in total. The monoisotopic (exact) mass is 269 g/mol. The molecule has 1 heterocycles. The first-order valence-electron chi connectivity index (χ1n) is 5.64. The van der Waals surface area contributed by atoms with E-state index in [2.05, 4.69) is 15.5 Å². The molecule has 0 aliphatic carbocycles. The van der Waals surface area contributed by atoms with Crippen molar-refractivity contribution in [3.8, 4) is 0 Å². The third-order valence-corrected chi connectivity index (χ3v) is 3.54. The minimum atomic E-state index is -0.560. The summed E-state index contributed by atoms with van der Waals surface area (Å²) in [6, 6.07) is 3.34.